The zero-order chi connectivity index (χ0) is 18.0. The molecule has 0 radical (unpaired) electrons. The SMILES string of the molecule is CCOCC1CCCN(c2ccc(F)cc2S(=O)(=O)C(F)(F)F)C1. The summed E-state index contributed by atoms with van der Waals surface area (Å²) in [6.45, 7) is 3.60. The molecule has 0 N–H and O–H groups in total. The van der Waals surface area contributed by atoms with Gasteiger partial charge in [-0.25, -0.2) is 12.8 Å². The minimum atomic E-state index is -5.63. The molecule has 1 atom stereocenters. The summed E-state index contributed by atoms with van der Waals surface area (Å²) in [5, 5.41) is 0. The molecule has 0 aromatic heterocycles. The van der Waals surface area contributed by atoms with Crippen LogP contribution in [0.2, 0.25) is 0 Å². The molecule has 0 saturated carbocycles. The van der Waals surface area contributed by atoms with Crippen LogP contribution >= 0.6 is 0 Å². The highest BCUT2D eigenvalue weighted by atomic mass is 32.2. The van der Waals surface area contributed by atoms with Gasteiger partial charge in [0.15, 0.2) is 0 Å². The normalized spacial score (nSPS) is 19.5. The number of sulfone groups is 1. The van der Waals surface area contributed by atoms with E-state index in [2.05, 4.69) is 0 Å². The Labute approximate surface area is 138 Å². The van der Waals surface area contributed by atoms with Gasteiger partial charge in [-0.05, 0) is 43.9 Å². The summed E-state index contributed by atoms with van der Waals surface area (Å²) in [6.07, 6.45) is 1.54. The molecule has 1 heterocycles. The second-order valence-corrected chi connectivity index (χ2v) is 7.58. The smallest absolute Gasteiger partial charge is 0.381 e. The van der Waals surface area contributed by atoms with E-state index in [0.717, 1.165) is 18.6 Å². The quantitative estimate of drug-likeness (QED) is 0.747. The van der Waals surface area contributed by atoms with Crippen molar-refractivity contribution in [2.45, 2.75) is 30.2 Å². The van der Waals surface area contributed by atoms with Gasteiger partial charge < -0.3 is 9.64 Å². The lowest BCUT2D eigenvalue weighted by atomic mass is 9.98. The standard InChI is InChI=1S/C15H19F4NO3S/c1-2-23-10-11-4-3-7-20(9-11)13-6-5-12(16)8-14(13)24(21,22)15(17,18)19/h5-6,8,11H,2-4,7,9-10H2,1H3. The fourth-order valence-electron chi connectivity index (χ4n) is 2.79. The topological polar surface area (TPSA) is 46.6 Å². The van der Waals surface area contributed by atoms with Crippen molar-refractivity contribution < 1.29 is 30.7 Å². The minimum Gasteiger partial charge on any atom is -0.381 e. The van der Waals surface area contributed by atoms with Crippen molar-refractivity contribution in [3.63, 3.8) is 0 Å². The maximum absolute atomic E-state index is 13.4. The molecule has 0 bridgehead atoms. The number of nitrogens with zero attached hydrogens (tertiary/aromatic N) is 1. The van der Waals surface area contributed by atoms with Gasteiger partial charge in [0.05, 0.1) is 12.3 Å². The first kappa shape index (κ1) is 19.0. The Balaban J connectivity index is 2.37. The molecule has 0 amide bonds. The number of ether oxygens (including phenoxy) is 1. The summed E-state index contributed by atoms with van der Waals surface area (Å²) in [5.74, 6) is -0.936. The van der Waals surface area contributed by atoms with Crippen LogP contribution in [-0.2, 0) is 14.6 Å². The molecule has 1 aromatic rings. The lowest BCUT2D eigenvalue weighted by Gasteiger charge is -2.35. The number of hydrogen-bond acceptors (Lipinski definition) is 4. The van der Waals surface area contributed by atoms with Crippen molar-refractivity contribution in [3.05, 3.63) is 24.0 Å². The van der Waals surface area contributed by atoms with Gasteiger partial charge >= 0.3 is 5.51 Å². The minimum absolute atomic E-state index is 0.0881. The lowest BCUT2D eigenvalue weighted by Crippen LogP contribution is -2.38. The second-order valence-electron chi connectivity index (χ2n) is 5.67. The number of halogens is 4. The summed E-state index contributed by atoms with van der Waals surface area (Å²) in [7, 11) is -5.63. The maximum atomic E-state index is 13.4. The number of rotatable bonds is 5. The third kappa shape index (κ3) is 4.00. The van der Waals surface area contributed by atoms with E-state index in [1.165, 1.54) is 0 Å². The molecule has 2 rings (SSSR count). The molecular weight excluding hydrogens is 350 g/mol. The van der Waals surface area contributed by atoms with Gasteiger partial charge in [0.2, 0.25) is 0 Å². The van der Waals surface area contributed by atoms with Crippen LogP contribution in [0.5, 0.6) is 0 Å². The molecule has 24 heavy (non-hydrogen) atoms. The van der Waals surface area contributed by atoms with Crippen LogP contribution in [0.25, 0.3) is 0 Å². The maximum Gasteiger partial charge on any atom is 0.501 e. The summed E-state index contributed by atoms with van der Waals surface area (Å²) in [4.78, 5) is 0.526. The largest absolute Gasteiger partial charge is 0.501 e. The van der Waals surface area contributed by atoms with Gasteiger partial charge in [-0.1, -0.05) is 0 Å². The van der Waals surface area contributed by atoms with Gasteiger partial charge in [0.1, 0.15) is 10.7 Å². The zero-order valence-electron chi connectivity index (χ0n) is 13.1. The second kappa shape index (κ2) is 7.26. The van der Waals surface area contributed by atoms with E-state index in [1.807, 2.05) is 6.92 Å². The molecule has 9 heteroatoms. The average molecular weight is 369 g/mol. The fourth-order valence-corrected chi connectivity index (χ4v) is 3.78. The van der Waals surface area contributed by atoms with E-state index >= 15 is 0 Å². The van der Waals surface area contributed by atoms with E-state index in [1.54, 1.807) is 4.90 Å². The van der Waals surface area contributed by atoms with Crippen molar-refractivity contribution in [1.82, 2.24) is 0 Å². The van der Waals surface area contributed by atoms with E-state index < -0.39 is 26.1 Å². The monoisotopic (exact) mass is 369 g/mol. The first-order chi connectivity index (χ1) is 11.2. The first-order valence-corrected chi connectivity index (χ1v) is 9.08. The Morgan fingerprint density at radius 1 is 1.33 bits per heavy atom. The van der Waals surface area contributed by atoms with Crippen molar-refractivity contribution in [2.24, 2.45) is 5.92 Å². The molecule has 1 aromatic carbocycles. The molecule has 4 nitrogen and oxygen atoms in total. The average Bonchev–Trinajstić information content (AvgIpc) is 2.52. The van der Waals surface area contributed by atoms with Crippen LogP contribution in [0.15, 0.2) is 23.1 Å². The van der Waals surface area contributed by atoms with Crippen LogP contribution in [0.3, 0.4) is 0 Å². The van der Waals surface area contributed by atoms with E-state index in [-0.39, 0.29) is 11.6 Å². The Morgan fingerprint density at radius 3 is 2.67 bits per heavy atom. The van der Waals surface area contributed by atoms with Crippen LogP contribution in [0, 0.1) is 11.7 Å². The highest BCUT2D eigenvalue weighted by Gasteiger charge is 2.48. The third-order valence-electron chi connectivity index (χ3n) is 3.93. The van der Waals surface area contributed by atoms with Crippen LogP contribution < -0.4 is 4.90 Å². The van der Waals surface area contributed by atoms with Crippen molar-refractivity contribution in [1.29, 1.82) is 0 Å². The Bertz CT molecular complexity index is 676. The zero-order valence-corrected chi connectivity index (χ0v) is 14.0. The number of hydrogen-bond donors (Lipinski definition) is 0. The highest BCUT2D eigenvalue weighted by Crippen LogP contribution is 2.37. The molecule has 1 aliphatic heterocycles. The summed E-state index contributed by atoms with van der Waals surface area (Å²) in [6, 6.07) is 2.50. The van der Waals surface area contributed by atoms with Crippen LogP contribution in [0.1, 0.15) is 19.8 Å². The fraction of sp³-hybridized carbons (Fsp3) is 0.600. The van der Waals surface area contributed by atoms with Crippen molar-refractivity contribution >= 4 is 15.5 Å². The van der Waals surface area contributed by atoms with Crippen molar-refractivity contribution in [2.75, 3.05) is 31.2 Å². The summed E-state index contributed by atoms with van der Waals surface area (Å²) >= 11 is 0. The van der Waals surface area contributed by atoms with Gasteiger partial charge in [-0.15, -0.1) is 0 Å². The van der Waals surface area contributed by atoms with E-state index in [9.17, 15) is 26.0 Å². The molecule has 1 aliphatic rings. The predicted molar refractivity (Wildman–Crippen MR) is 81.1 cm³/mol. The molecule has 1 saturated heterocycles. The van der Waals surface area contributed by atoms with Crippen molar-refractivity contribution in [3.8, 4) is 0 Å². The number of alkyl halides is 3. The van der Waals surface area contributed by atoms with Gasteiger partial charge in [-0.2, -0.15) is 13.2 Å². The van der Waals surface area contributed by atoms with Crippen LogP contribution in [0.4, 0.5) is 23.2 Å². The molecule has 0 spiro atoms. The van der Waals surface area contributed by atoms with E-state index in [0.29, 0.717) is 38.8 Å². The summed E-state index contributed by atoms with van der Waals surface area (Å²) in [5.41, 5.74) is -5.59. The predicted octanol–water partition coefficient (Wildman–Crippen LogP) is 3.37. The van der Waals surface area contributed by atoms with Gasteiger partial charge in [0.25, 0.3) is 9.84 Å². The first-order valence-electron chi connectivity index (χ1n) is 7.60. The van der Waals surface area contributed by atoms with Gasteiger partial charge in [-0.3, -0.25) is 0 Å². The lowest BCUT2D eigenvalue weighted by molar-refractivity contribution is -0.0435. The molecular formula is C15H19F4NO3S. The number of piperidine rings is 1. The Hall–Kier alpha value is -1.35. The highest BCUT2D eigenvalue weighted by molar-refractivity contribution is 7.92. The molecule has 1 fully saturated rings. The summed E-state index contributed by atoms with van der Waals surface area (Å²) < 4.78 is 81.0. The molecule has 136 valence electrons. The Morgan fingerprint density at radius 2 is 2.04 bits per heavy atom. The number of anilines is 1. The van der Waals surface area contributed by atoms with E-state index in [4.69, 9.17) is 4.74 Å². The Kier molecular flexibility index (Phi) is 5.74. The molecule has 0 aliphatic carbocycles. The number of benzene rings is 1. The molecule has 1 unspecified atom stereocenters. The van der Waals surface area contributed by atoms with Gasteiger partial charge in [0, 0.05) is 19.7 Å². The third-order valence-corrected chi connectivity index (χ3v) is 5.45. The van der Waals surface area contributed by atoms with Crippen LogP contribution in [-0.4, -0.2) is 40.2 Å².